The molecule has 1 aromatic carbocycles. The number of hydrogen-bond donors (Lipinski definition) is 3. The molecule has 0 saturated heterocycles. The summed E-state index contributed by atoms with van der Waals surface area (Å²) in [7, 11) is 0. The molecule has 2 rings (SSSR count). The third kappa shape index (κ3) is 2.71. The standard InChI is InChI=1S/C13H14F2N2O3/c1-13(11(18)19,7-5-6-7)17-12(20)16-10-8(14)3-2-4-9(10)15/h2-4,7H,5-6H2,1H3,(H,18,19)(H2,16,17,20). The Morgan fingerprint density at radius 1 is 1.30 bits per heavy atom. The lowest BCUT2D eigenvalue weighted by atomic mass is 9.96. The van der Waals surface area contributed by atoms with E-state index in [2.05, 4.69) is 5.32 Å². The molecule has 1 atom stereocenters. The van der Waals surface area contributed by atoms with Crippen LogP contribution in [0, 0.1) is 17.6 Å². The highest BCUT2D eigenvalue weighted by Gasteiger charge is 2.48. The maximum Gasteiger partial charge on any atom is 0.329 e. The number of nitrogens with one attached hydrogen (secondary N) is 2. The fraction of sp³-hybridized carbons (Fsp3) is 0.385. The zero-order valence-corrected chi connectivity index (χ0v) is 10.7. The van der Waals surface area contributed by atoms with Gasteiger partial charge in [0.2, 0.25) is 0 Å². The van der Waals surface area contributed by atoms with Crippen LogP contribution in [0.25, 0.3) is 0 Å². The summed E-state index contributed by atoms with van der Waals surface area (Å²) in [5, 5.41) is 13.5. The summed E-state index contributed by atoms with van der Waals surface area (Å²) >= 11 is 0. The minimum absolute atomic E-state index is 0.170. The van der Waals surface area contributed by atoms with Crippen molar-refractivity contribution in [2.75, 3.05) is 5.32 Å². The lowest BCUT2D eigenvalue weighted by Crippen LogP contribution is -2.55. The van der Waals surface area contributed by atoms with Crippen LogP contribution in [0.1, 0.15) is 19.8 Å². The topological polar surface area (TPSA) is 78.4 Å². The number of carbonyl (C=O) groups is 2. The van der Waals surface area contributed by atoms with Gasteiger partial charge in [0.1, 0.15) is 22.9 Å². The molecule has 1 aliphatic carbocycles. The van der Waals surface area contributed by atoms with Crippen LogP contribution in [-0.2, 0) is 4.79 Å². The first-order valence-electron chi connectivity index (χ1n) is 6.11. The number of benzene rings is 1. The van der Waals surface area contributed by atoms with Gasteiger partial charge in [0.25, 0.3) is 0 Å². The van der Waals surface area contributed by atoms with Crippen molar-refractivity contribution in [3.63, 3.8) is 0 Å². The summed E-state index contributed by atoms with van der Waals surface area (Å²) in [5.41, 5.74) is -2.04. The van der Waals surface area contributed by atoms with Gasteiger partial charge in [-0.15, -0.1) is 0 Å². The number of carbonyl (C=O) groups excluding carboxylic acids is 1. The quantitative estimate of drug-likeness (QED) is 0.794. The molecule has 2 amide bonds. The van der Waals surface area contributed by atoms with Gasteiger partial charge in [-0.1, -0.05) is 6.07 Å². The van der Waals surface area contributed by atoms with Crippen LogP contribution in [0.3, 0.4) is 0 Å². The van der Waals surface area contributed by atoms with Crippen molar-refractivity contribution in [2.45, 2.75) is 25.3 Å². The van der Waals surface area contributed by atoms with E-state index in [1.165, 1.54) is 13.0 Å². The molecule has 108 valence electrons. The summed E-state index contributed by atoms with van der Waals surface area (Å²) in [6.45, 7) is 1.38. The third-order valence-electron chi connectivity index (χ3n) is 3.41. The van der Waals surface area contributed by atoms with Crippen molar-refractivity contribution in [1.82, 2.24) is 5.32 Å². The van der Waals surface area contributed by atoms with E-state index in [1.54, 1.807) is 0 Å². The summed E-state index contributed by atoms with van der Waals surface area (Å²) in [4.78, 5) is 23.0. The second kappa shape index (κ2) is 5.07. The number of carboxylic acid groups (broad SMARTS) is 1. The Balaban J connectivity index is 2.11. The molecule has 0 aromatic heterocycles. The number of carboxylic acids is 1. The van der Waals surface area contributed by atoms with Gasteiger partial charge < -0.3 is 15.7 Å². The average molecular weight is 284 g/mol. The number of hydrogen-bond acceptors (Lipinski definition) is 2. The second-order valence-corrected chi connectivity index (χ2v) is 4.96. The van der Waals surface area contributed by atoms with E-state index in [9.17, 15) is 23.5 Å². The van der Waals surface area contributed by atoms with E-state index in [-0.39, 0.29) is 5.92 Å². The molecule has 3 N–H and O–H groups in total. The molecule has 0 bridgehead atoms. The highest BCUT2D eigenvalue weighted by Crippen LogP contribution is 2.39. The Labute approximate surface area is 114 Å². The van der Waals surface area contributed by atoms with Gasteiger partial charge in [0, 0.05) is 0 Å². The van der Waals surface area contributed by atoms with Crippen LogP contribution in [-0.4, -0.2) is 22.6 Å². The first-order chi connectivity index (χ1) is 9.34. The Morgan fingerprint density at radius 2 is 1.85 bits per heavy atom. The predicted molar refractivity (Wildman–Crippen MR) is 67.3 cm³/mol. The van der Waals surface area contributed by atoms with Crippen molar-refractivity contribution < 1.29 is 23.5 Å². The molecule has 0 radical (unpaired) electrons. The Morgan fingerprint density at radius 3 is 2.30 bits per heavy atom. The van der Waals surface area contributed by atoms with E-state index in [1.807, 2.05) is 5.32 Å². The molecule has 7 heteroatoms. The number of halogens is 2. The van der Waals surface area contributed by atoms with Crippen molar-refractivity contribution >= 4 is 17.7 Å². The number of amides is 2. The number of anilines is 1. The number of aliphatic carboxylic acids is 1. The maximum atomic E-state index is 13.4. The molecule has 0 heterocycles. The van der Waals surface area contributed by atoms with E-state index in [4.69, 9.17) is 0 Å². The molecule has 1 aromatic rings. The second-order valence-electron chi connectivity index (χ2n) is 4.96. The van der Waals surface area contributed by atoms with Gasteiger partial charge in [-0.05, 0) is 37.8 Å². The van der Waals surface area contributed by atoms with Crippen LogP contribution in [0.5, 0.6) is 0 Å². The molecule has 1 aliphatic rings. The number of para-hydroxylation sites is 1. The van der Waals surface area contributed by atoms with Gasteiger partial charge in [0.05, 0.1) is 0 Å². The Bertz CT molecular complexity index is 540. The number of rotatable bonds is 4. The van der Waals surface area contributed by atoms with Crippen molar-refractivity contribution in [1.29, 1.82) is 0 Å². The first-order valence-corrected chi connectivity index (χ1v) is 6.11. The summed E-state index contributed by atoms with van der Waals surface area (Å²) in [5.74, 6) is -3.20. The van der Waals surface area contributed by atoms with Gasteiger partial charge in [-0.2, -0.15) is 0 Å². The minimum atomic E-state index is -1.44. The van der Waals surface area contributed by atoms with Crippen molar-refractivity contribution in [3.05, 3.63) is 29.8 Å². The van der Waals surface area contributed by atoms with E-state index < -0.39 is 34.9 Å². The maximum absolute atomic E-state index is 13.4. The fourth-order valence-electron chi connectivity index (χ4n) is 1.99. The Hall–Kier alpha value is -2.18. The molecule has 5 nitrogen and oxygen atoms in total. The Kier molecular flexibility index (Phi) is 3.61. The monoisotopic (exact) mass is 284 g/mol. The highest BCUT2D eigenvalue weighted by molar-refractivity contribution is 5.94. The molecule has 1 fully saturated rings. The molecular formula is C13H14F2N2O3. The SMILES string of the molecule is CC(NC(=O)Nc1c(F)cccc1F)(C(=O)O)C1CC1. The van der Waals surface area contributed by atoms with E-state index >= 15 is 0 Å². The van der Waals surface area contributed by atoms with E-state index in [0.29, 0.717) is 12.8 Å². The van der Waals surface area contributed by atoms with Crippen LogP contribution >= 0.6 is 0 Å². The smallest absolute Gasteiger partial charge is 0.329 e. The van der Waals surface area contributed by atoms with Crippen LogP contribution in [0.15, 0.2) is 18.2 Å². The lowest BCUT2D eigenvalue weighted by Gasteiger charge is -2.26. The molecule has 20 heavy (non-hydrogen) atoms. The zero-order valence-electron chi connectivity index (χ0n) is 10.7. The molecule has 0 aliphatic heterocycles. The van der Waals surface area contributed by atoms with Crippen molar-refractivity contribution in [2.24, 2.45) is 5.92 Å². The summed E-state index contributed by atoms with van der Waals surface area (Å²) < 4.78 is 26.7. The molecule has 1 unspecified atom stereocenters. The average Bonchev–Trinajstić information content (AvgIpc) is 3.18. The molecular weight excluding hydrogens is 270 g/mol. The lowest BCUT2D eigenvalue weighted by molar-refractivity contribution is -0.144. The largest absolute Gasteiger partial charge is 0.480 e. The van der Waals surface area contributed by atoms with E-state index in [0.717, 1.165) is 12.1 Å². The van der Waals surface area contributed by atoms with Crippen LogP contribution in [0.4, 0.5) is 19.3 Å². The van der Waals surface area contributed by atoms with Crippen molar-refractivity contribution in [3.8, 4) is 0 Å². The minimum Gasteiger partial charge on any atom is -0.480 e. The normalized spacial score (nSPS) is 17.1. The fourth-order valence-corrected chi connectivity index (χ4v) is 1.99. The summed E-state index contributed by atoms with van der Waals surface area (Å²) in [6, 6.07) is 2.21. The number of urea groups is 1. The van der Waals surface area contributed by atoms with Crippen LogP contribution < -0.4 is 10.6 Å². The predicted octanol–water partition coefficient (Wildman–Crippen LogP) is 2.34. The first kappa shape index (κ1) is 14.2. The zero-order chi connectivity index (χ0) is 14.9. The highest BCUT2D eigenvalue weighted by atomic mass is 19.1. The van der Waals surface area contributed by atoms with Gasteiger partial charge in [-0.25, -0.2) is 18.4 Å². The third-order valence-corrected chi connectivity index (χ3v) is 3.41. The van der Waals surface area contributed by atoms with Gasteiger partial charge >= 0.3 is 12.0 Å². The van der Waals surface area contributed by atoms with Gasteiger partial charge in [-0.3, -0.25) is 0 Å². The van der Waals surface area contributed by atoms with Gasteiger partial charge in [0.15, 0.2) is 0 Å². The summed E-state index contributed by atoms with van der Waals surface area (Å²) in [6.07, 6.45) is 1.38. The molecule has 1 saturated carbocycles. The molecule has 0 spiro atoms. The van der Waals surface area contributed by atoms with Crippen LogP contribution in [0.2, 0.25) is 0 Å².